The molecule has 0 fully saturated rings. The van der Waals surface area contributed by atoms with Gasteiger partial charge < -0.3 is 0 Å². The Hall–Kier alpha value is -2.20. The number of hydrogen-bond acceptors (Lipinski definition) is 3. The van der Waals surface area contributed by atoms with Crippen molar-refractivity contribution in [2.75, 3.05) is 12.1 Å². The Morgan fingerprint density at radius 1 is 1.15 bits per heavy atom. The fourth-order valence-electron chi connectivity index (χ4n) is 1.91. The summed E-state index contributed by atoms with van der Waals surface area (Å²) in [4.78, 5) is 23.2. The molecule has 4 nitrogen and oxygen atoms in total. The van der Waals surface area contributed by atoms with Crippen molar-refractivity contribution in [3.05, 3.63) is 69.1 Å². The van der Waals surface area contributed by atoms with E-state index in [-0.39, 0.29) is 5.78 Å². The maximum Gasteiger partial charge on any atom is 0.195 e. The van der Waals surface area contributed by atoms with E-state index in [9.17, 15) is 9.70 Å². The lowest BCUT2D eigenvalue weighted by molar-refractivity contribution is 0.103. The normalized spacial score (nSPS) is 10.2. The van der Waals surface area contributed by atoms with E-state index >= 15 is 0 Å². The van der Waals surface area contributed by atoms with Crippen LogP contribution in [0.25, 0.3) is 0 Å². The number of carbonyl (C=O) groups excluding carboxylic acids is 1. The van der Waals surface area contributed by atoms with E-state index in [1.165, 1.54) is 7.05 Å². The van der Waals surface area contributed by atoms with Crippen molar-refractivity contribution in [3.63, 3.8) is 0 Å². The molecule has 20 heavy (non-hydrogen) atoms. The minimum Gasteiger partial charge on any atom is -0.289 e. The number of halogens is 1. The van der Waals surface area contributed by atoms with Gasteiger partial charge in [-0.2, -0.15) is 0 Å². The third kappa shape index (κ3) is 2.86. The maximum atomic E-state index is 12.5. The van der Waals surface area contributed by atoms with E-state index in [1.807, 2.05) is 13.0 Å². The van der Waals surface area contributed by atoms with Crippen LogP contribution in [0, 0.1) is 11.8 Å². The zero-order valence-corrected chi connectivity index (χ0v) is 11.9. The van der Waals surface area contributed by atoms with Gasteiger partial charge in [0, 0.05) is 23.2 Å². The molecular formula is C15H13ClN2O2. The second kappa shape index (κ2) is 5.84. The van der Waals surface area contributed by atoms with Gasteiger partial charge in [-0.1, -0.05) is 23.2 Å². The van der Waals surface area contributed by atoms with Crippen molar-refractivity contribution in [2.45, 2.75) is 6.92 Å². The van der Waals surface area contributed by atoms with E-state index in [1.54, 1.807) is 36.4 Å². The number of nitrogens with zero attached hydrogens (tertiary/aromatic N) is 2. The lowest BCUT2D eigenvalue weighted by Gasteiger charge is -2.14. The number of carbonyl (C=O) groups is 1. The fourth-order valence-corrected chi connectivity index (χ4v) is 2.04. The van der Waals surface area contributed by atoms with Crippen molar-refractivity contribution < 1.29 is 4.79 Å². The number of rotatable bonds is 4. The van der Waals surface area contributed by atoms with E-state index in [4.69, 9.17) is 11.6 Å². The quantitative estimate of drug-likeness (QED) is 0.485. The van der Waals surface area contributed by atoms with Gasteiger partial charge in [-0.25, -0.2) is 5.01 Å². The molecule has 0 aliphatic heterocycles. The summed E-state index contributed by atoms with van der Waals surface area (Å²) >= 11 is 5.82. The standard InChI is InChI=1S/C15H13ClN2O2/c1-10-3-8-14(18(2)17-20)13(9-10)15(19)11-4-6-12(16)7-5-11/h3-9H,1-2H3. The SMILES string of the molecule is Cc1ccc(N(C)N=O)c(C(=O)c2ccc(Cl)cc2)c1. The van der Waals surface area contributed by atoms with Gasteiger partial charge in [-0.05, 0) is 43.3 Å². The molecular weight excluding hydrogens is 276 g/mol. The molecule has 0 bridgehead atoms. The maximum absolute atomic E-state index is 12.5. The number of aryl methyl sites for hydroxylation is 1. The molecule has 2 aromatic rings. The molecule has 0 aliphatic rings. The average molecular weight is 289 g/mol. The van der Waals surface area contributed by atoms with Crippen LogP contribution in [0.15, 0.2) is 47.8 Å². The zero-order valence-electron chi connectivity index (χ0n) is 11.1. The number of ketones is 1. The van der Waals surface area contributed by atoms with E-state index in [2.05, 4.69) is 5.29 Å². The number of anilines is 1. The van der Waals surface area contributed by atoms with Crippen LogP contribution in [0.5, 0.6) is 0 Å². The van der Waals surface area contributed by atoms with Gasteiger partial charge in [0.2, 0.25) is 0 Å². The van der Waals surface area contributed by atoms with Crippen molar-refractivity contribution in [3.8, 4) is 0 Å². The average Bonchev–Trinajstić information content (AvgIpc) is 2.46. The highest BCUT2D eigenvalue weighted by atomic mass is 35.5. The van der Waals surface area contributed by atoms with Crippen molar-refractivity contribution in [2.24, 2.45) is 5.29 Å². The monoisotopic (exact) mass is 288 g/mol. The van der Waals surface area contributed by atoms with Crippen LogP contribution in [0.3, 0.4) is 0 Å². The van der Waals surface area contributed by atoms with E-state index < -0.39 is 0 Å². The van der Waals surface area contributed by atoms with Gasteiger partial charge in [-0.3, -0.25) is 4.79 Å². The Bertz CT molecular complexity index is 653. The lowest BCUT2D eigenvalue weighted by Crippen LogP contribution is -2.13. The Morgan fingerprint density at radius 2 is 1.80 bits per heavy atom. The third-order valence-corrected chi connectivity index (χ3v) is 3.23. The molecule has 102 valence electrons. The van der Waals surface area contributed by atoms with Crippen LogP contribution in [0.2, 0.25) is 5.02 Å². The summed E-state index contributed by atoms with van der Waals surface area (Å²) in [6, 6.07) is 11.9. The molecule has 0 saturated carbocycles. The van der Waals surface area contributed by atoms with Crippen LogP contribution in [-0.4, -0.2) is 12.8 Å². The smallest absolute Gasteiger partial charge is 0.195 e. The van der Waals surface area contributed by atoms with Gasteiger partial charge in [0.05, 0.1) is 11.0 Å². The first kappa shape index (κ1) is 14.2. The number of benzene rings is 2. The van der Waals surface area contributed by atoms with Crippen LogP contribution in [0.4, 0.5) is 5.69 Å². The zero-order chi connectivity index (χ0) is 14.7. The van der Waals surface area contributed by atoms with Crippen LogP contribution >= 0.6 is 11.6 Å². The molecule has 0 radical (unpaired) electrons. The Kier molecular flexibility index (Phi) is 4.15. The highest BCUT2D eigenvalue weighted by Gasteiger charge is 2.16. The van der Waals surface area contributed by atoms with Gasteiger partial charge >= 0.3 is 0 Å². The molecule has 0 amide bonds. The summed E-state index contributed by atoms with van der Waals surface area (Å²) in [6.45, 7) is 1.89. The molecule has 0 aliphatic carbocycles. The first-order valence-corrected chi connectivity index (χ1v) is 6.38. The molecule has 0 unspecified atom stereocenters. The van der Waals surface area contributed by atoms with Crippen molar-refractivity contribution in [1.29, 1.82) is 0 Å². The minimum absolute atomic E-state index is 0.170. The first-order chi connectivity index (χ1) is 9.52. The van der Waals surface area contributed by atoms with Gasteiger partial charge in [0.25, 0.3) is 0 Å². The minimum atomic E-state index is -0.170. The fraction of sp³-hybridized carbons (Fsp3) is 0.133. The third-order valence-electron chi connectivity index (χ3n) is 2.97. The number of nitroso groups, excluding NO2 is 1. The molecule has 0 N–H and O–H groups in total. The van der Waals surface area contributed by atoms with E-state index in [0.29, 0.717) is 21.8 Å². The molecule has 5 heteroatoms. The summed E-state index contributed by atoms with van der Waals surface area (Å²) in [6.07, 6.45) is 0. The summed E-state index contributed by atoms with van der Waals surface area (Å²) in [5, 5.41) is 4.56. The van der Waals surface area contributed by atoms with Gasteiger partial charge in [0.1, 0.15) is 0 Å². The van der Waals surface area contributed by atoms with Crippen molar-refractivity contribution in [1.82, 2.24) is 0 Å². The molecule has 0 saturated heterocycles. The highest BCUT2D eigenvalue weighted by molar-refractivity contribution is 6.30. The molecule has 2 aromatic carbocycles. The van der Waals surface area contributed by atoms with Crippen molar-refractivity contribution >= 4 is 23.1 Å². The highest BCUT2D eigenvalue weighted by Crippen LogP contribution is 2.24. The van der Waals surface area contributed by atoms with Crippen LogP contribution in [0.1, 0.15) is 21.5 Å². The summed E-state index contributed by atoms with van der Waals surface area (Å²) in [7, 11) is 1.51. The molecule has 2 rings (SSSR count). The Labute approximate surface area is 121 Å². The Morgan fingerprint density at radius 3 is 2.40 bits per heavy atom. The number of hydrogen-bond donors (Lipinski definition) is 0. The summed E-state index contributed by atoms with van der Waals surface area (Å²) in [5.74, 6) is -0.170. The van der Waals surface area contributed by atoms with E-state index in [0.717, 1.165) is 10.6 Å². The predicted octanol–water partition coefficient (Wildman–Crippen LogP) is 4.00. The molecule has 0 heterocycles. The summed E-state index contributed by atoms with van der Waals surface area (Å²) in [5.41, 5.74) is 2.37. The van der Waals surface area contributed by atoms with Crippen LogP contribution < -0.4 is 5.01 Å². The second-order valence-corrected chi connectivity index (χ2v) is 4.90. The molecule has 0 aromatic heterocycles. The van der Waals surface area contributed by atoms with Gasteiger partial charge in [-0.15, -0.1) is 4.91 Å². The molecule has 0 spiro atoms. The molecule has 0 atom stereocenters. The summed E-state index contributed by atoms with van der Waals surface area (Å²) < 4.78 is 0. The topological polar surface area (TPSA) is 49.7 Å². The second-order valence-electron chi connectivity index (χ2n) is 4.46. The van der Waals surface area contributed by atoms with Crippen LogP contribution in [-0.2, 0) is 0 Å². The van der Waals surface area contributed by atoms with Gasteiger partial charge in [0.15, 0.2) is 5.78 Å². The largest absolute Gasteiger partial charge is 0.289 e. The lowest BCUT2D eigenvalue weighted by atomic mass is 9.99. The Balaban J connectivity index is 2.50. The predicted molar refractivity (Wildman–Crippen MR) is 80.3 cm³/mol. The first-order valence-electron chi connectivity index (χ1n) is 6.01.